The molecule has 1 saturated heterocycles. The van der Waals surface area contributed by atoms with E-state index in [1.807, 2.05) is 32.0 Å². The number of rotatable bonds is 5. The summed E-state index contributed by atoms with van der Waals surface area (Å²) >= 11 is 3.33. The van der Waals surface area contributed by atoms with Gasteiger partial charge in [0.2, 0.25) is 10.0 Å². The SMILES string of the molecule is Cc1cccc(N2CCN(S(=O)(=O)c3cc(C(=O)Nc4ccc(Br)cc4)ccc3F)CC2C)c1. The number of anilines is 2. The first-order valence-electron chi connectivity index (χ1n) is 10.8. The standard InChI is InChI=1S/C25H25BrFN3O3S/c1-17-4-3-5-22(14-17)30-13-12-29(16-18(30)2)34(32,33)24-15-19(6-11-23(24)27)25(31)28-21-9-7-20(26)8-10-21/h3-11,14-15,18H,12-13,16H2,1-2H3,(H,28,31). The molecule has 0 spiro atoms. The number of carbonyl (C=O) groups excluding carboxylic acids is 1. The van der Waals surface area contributed by atoms with Crippen LogP contribution in [0.1, 0.15) is 22.8 Å². The minimum Gasteiger partial charge on any atom is -0.366 e. The van der Waals surface area contributed by atoms with Crippen molar-refractivity contribution >= 4 is 43.2 Å². The van der Waals surface area contributed by atoms with E-state index in [0.29, 0.717) is 12.2 Å². The van der Waals surface area contributed by atoms with E-state index in [2.05, 4.69) is 32.2 Å². The highest BCUT2D eigenvalue weighted by molar-refractivity contribution is 9.10. The van der Waals surface area contributed by atoms with Gasteiger partial charge in [0.25, 0.3) is 5.91 Å². The van der Waals surface area contributed by atoms with E-state index in [0.717, 1.165) is 27.9 Å². The van der Waals surface area contributed by atoms with Crippen LogP contribution in [-0.4, -0.2) is 44.3 Å². The number of halogens is 2. The predicted octanol–water partition coefficient (Wildman–Crippen LogP) is 5.05. The number of benzene rings is 3. The first-order chi connectivity index (χ1) is 16.1. The third-order valence-corrected chi connectivity index (χ3v) is 8.25. The summed E-state index contributed by atoms with van der Waals surface area (Å²) in [5, 5.41) is 2.70. The van der Waals surface area contributed by atoms with Gasteiger partial charge in [-0.3, -0.25) is 4.79 Å². The molecule has 178 valence electrons. The van der Waals surface area contributed by atoms with Gasteiger partial charge in [-0.2, -0.15) is 4.31 Å². The lowest BCUT2D eigenvalue weighted by atomic mass is 10.1. The molecule has 0 bridgehead atoms. The van der Waals surface area contributed by atoms with Crippen molar-refractivity contribution < 1.29 is 17.6 Å². The molecule has 1 aliphatic heterocycles. The van der Waals surface area contributed by atoms with Gasteiger partial charge in [-0.1, -0.05) is 28.1 Å². The van der Waals surface area contributed by atoms with Crippen LogP contribution >= 0.6 is 15.9 Å². The summed E-state index contributed by atoms with van der Waals surface area (Å²) in [7, 11) is -4.13. The summed E-state index contributed by atoms with van der Waals surface area (Å²) in [4.78, 5) is 14.3. The number of hydrogen-bond donors (Lipinski definition) is 1. The molecule has 3 aromatic carbocycles. The molecule has 34 heavy (non-hydrogen) atoms. The van der Waals surface area contributed by atoms with E-state index >= 15 is 0 Å². The molecule has 1 atom stereocenters. The highest BCUT2D eigenvalue weighted by atomic mass is 79.9. The second-order valence-electron chi connectivity index (χ2n) is 8.35. The molecule has 0 radical (unpaired) electrons. The normalized spacial score (nSPS) is 16.9. The van der Waals surface area contributed by atoms with Crippen molar-refractivity contribution in [2.24, 2.45) is 0 Å². The molecule has 6 nitrogen and oxygen atoms in total. The minimum atomic E-state index is -4.13. The molecule has 0 saturated carbocycles. The molecule has 0 aliphatic carbocycles. The zero-order valence-corrected chi connectivity index (χ0v) is 21.2. The van der Waals surface area contributed by atoms with Gasteiger partial charge >= 0.3 is 0 Å². The van der Waals surface area contributed by atoms with Crippen LogP contribution in [0.5, 0.6) is 0 Å². The maximum Gasteiger partial charge on any atom is 0.255 e. The van der Waals surface area contributed by atoms with E-state index in [-0.39, 0.29) is 24.7 Å². The fourth-order valence-electron chi connectivity index (χ4n) is 4.05. The molecular weight excluding hydrogens is 521 g/mol. The van der Waals surface area contributed by atoms with Crippen LogP contribution in [0.3, 0.4) is 0 Å². The maximum atomic E-state index is 14.7. The van der Waals surface area contributed by atoms with Crippen LogP contribution in [0.4, 0.5) is 15.8 Å². The Labute approximate surface area is 207 Å². The number of hydrogen-bond acceptors (Lipinski definition) is 4. The topological polar surface area (TPSA) is 69.7 Å². The summed E-state index contributed by atoms with van der Waals surface area (Å²) in [5.41, 5.74) is 2.76. The van der Waals surface area contributed by atoms with Gasteiger partial charge < -0.3 is 10.2 Å². The zero-order valence-electron chi connectivity index (χ0n) is 18.8. The van der Waals surface area contributed by atoms with Gasteiger partial charge in [0.1, 0.15) is 10.7 Å². The number of nitrogens with zero attached hydrogens (tertiary/aromatic N) is 2. The van der Waals surface area contributed by atoms with Crippen LogP contribution in [-0.2, 0) is 10.0 Å². The van der Waals surface area contributed by atoms with Crippen molar-refractivity contribution in [1.82, 2.24) is 4.31 Å². The van der Waals surface area contributed by atoms with Crippen molar-refractivity contribution in [3.63, 3.8) is 0 Å². The molecule has 1 fully saturated rings. The van der Waals surface area contributed by atoms with E-state index < -0.39 is 26.6 Å². The Morgan fingerprint density at radius 1 is 1.06 bits per heavy atom. The first-order valence-corrected chi connectivity index (χ1v) is 13.1. The Balaban J connectivity index is 1.54. The monoisotopic (exact) mass is 545 g/mol. The average molecular weight is 546 g/mol. The number of sulfonamides is 1. The maximum absolute atomic E-state index is 14.7. The summed E-state index contributed by atoms with van der Waals surface area (Å²) in [6.45, 7) is 4.87. The molecule has 3 aromatic rings. The van der Waals surface area contributed by atoms with Crippen molar-refractivity contribution in [2.45, 2.75) is 24.8 Å². The zero-order chi connectivity index (χ0) is 24.5. The number of piperazine rings is 1. The van der Waals surface area contributed by atoms with Gasteiger partial charge in [0, 0.05) is 47.1 Å². The van der Waals surface area contributed by atoms with E-state index in [1.54, 1.807) is 24.3 Å². The van der Waals surface area contributed by atoms with E-state index in [9.17, 15) is 17.6 Å². The highest BCUT2D eigenvalue weighted by Crippen LogP contribution is 2.27. The Morgan fingerprint density at radius 2 is 1.79 bits per heavy atom. The highest BCUT2D eigenvalue weighted by Gasteiger charge is 2.34. The van der Waals surface area contributed by atoms with Gasteiger partial charge in [-0.05, 0) is 74.0 Å². The molecule has 1 amide bonds. The van der Waals surface area contributed by atoms with Gasteiger partial charge in [0.05, 0.1) is 0 Å². The van der Waals surface area contributed by atoms with E-state index in [1.165, 1.54) is 10.4 Å². The molecule has 1 heterocycles. The third kappa shape index (κ3) is 5.16. The Kier molecular flexibility index (Phi) is 7.06. The second-order valence-corrected chi connectivity index (χ2v) is 11.2. The molecule has 1 N–H and O–H groups in total. The largest absolute Gasteiger partial charge is 0.366 e. The van der Waals surface area contributed by atoms with Crippen LogP contribution in [0.25, 0.3) is 0 Å². The number of aryl methyl sites for hydroxylation is 1. The van der Waals surface area contributed by atoms with Crippen LogP contribution in [0, 0.1) is 12.7 Å². The Morgan fingerprint density at radius 3 is 2.47 bits per heavy atom. The molecule has 1 aliphatic rings. The van der Waals surface area contributed by atoms with Gasteiger partial charge in [0.15, 0.2) is 0 Å². The molecule has 4 rings (SSSR count). The van der Waals surface area contributed by atoms with E-state index in [4.69, 9.17) is 0 Å². The van der Waals surface area contributed by atoms with Crippen molar-refractivity contribution in [3.8, 4) is 0 Å². The first kappa shape index (κ1) is 24.4. The second kappa shape index (κ2) is 9.85. The van der Waals surface area contributed by atoms with Crippen LogP contribution < -0.4 is 10.2 Å². The fourth-order valence-corrected chi connectivity index (χ4v) is 5.92. The summed E-state index contributed by atoms with van der Waals surface area (Å²) in [6, 6.07) is 18.3. The number of carbonyl (C=O) groups is 1. The average Bonchev–Trinajstić information content (AvgIpc) is 2.80. The fraction of sp³-hybridized carbons (Fsp3) is 0.240. The lowest BCUT2D eigenvalue weighted by Crippen LogP contribution is -2.53. The molecular formula is C25H25BrFN3O3S. The summed E-state index contributed by atoms with van der Waals surface area (Å²) in [6.07, 6.45) is 0. The Hall–Kier alpha value is -2.75. The summed E-state index contributed by atoms with van der Waals surface area (Å²) < 4.78 is 43.5. The van der Waals surface area contributed by atoms with Crippen molar-refractivity contribution in [1.29, 1.82) is 0 Å². The lowest BCUT2D eigenvalue weighted by Gasteiger charge is -2.40. The van der Waals surface area contributed by atoms with Crippen LogP contribution in [0.2, 0.25) is 0 Å². The minimum absolute atomic E-state index is 0.0642. The van der Waals surface area contributed by atoms with Crippen LogP contribution in [0.15, 0.2) is 76.1 Å². The molecule has 9 heteroatoms. The molecule has 1 unspecified atom stereocenters. The quantitative estimate of drug-likeness (QED) is 0.487. The summed E-state index contributed by atoms with van der Waals surface area (Å²) in [5.74, 6) is -1.40. The lowest BCUT2D eigenvalue weighted by molar-refractivity contribution is 0.102. The van der Waals surface area contributed by atoms with Crippen molar-refractivity contribution in [2.75, 3.05) is 29.9 Å². The van der Waals surface area contributed by atoms with Gasteiger partial charge in [-0.25, -0.2) is 12.8 Å². The Bertz CT molecular complexity index is 1320. The smallest absolute Gasteiger partial charge is 0.255 e. The van der Waals surface area contributed by atoms with Gasteiger partial charge in [-0.15, -0.1) is 0 Å². The third-order valence-electron chi connectivity index (χ3n) is 5.84. The predicted molar refractivity (Wildman–Crippen MR) is 135 cm³/mol. The number of amides is 1. The number of nitrogens with one attached hydrogen (secondary N) is 1. The molecule has 0 aromatic heterocycles. The van der Waals surface area contributed by atoms with Crippen molar-refractivity contribution in [3.05, 3.63) is 88.1 Å².